The maximum absolute atomic E-state index is 12.1. The van der Waals surface area contributed by atoms with Gasteiger partial charge in [0.2, 0.25) is 6.79 Å². The van der Waals surface area contributed by atoms with Crippen molar-refractivity contribution in [3.63, 3.8) is 0 Å². The van der Waals surface area contributed by atoms with Crippen LogP contribution >= 0.6 is 0 Å². The van der Waals surface area contributed by atoms with Crippen molar-refractivity contribution in [2.75, 3.05) is 24.9 Å². The molecule has 3 rings (SSSR count). The van der Waals surface area contributed by atoms with Gasteiger partial charge in [-0.3, -0.25) is 4.79 Å². The topological polar surface area (TPSA) is 78.9 Å². The van der Waals surface area contributed by atoms with E-state index in [0.29, 0.717) is 23.7 Å². The second-order valence-electron chi connectivity index (χ2n) is 5.18. The molecule has 1 unspecified atom stereocenters. The lowest BCUT2D eigenvalue weighted by Gasteiger charge is -2.09. The number of rotatable bonds is 5. The van der Waals surface area contributed by atoms with Gasteiger partial charge in [-0.1, -0.05) is 0 Å². The van der Waals surface area contributed by atoms with Crippen LogP contribution in [0.3, 0.4) is 0 Å². The Labute approximate surface area is 122 Å². The fraction of sp³-hybridized carbons (Fsp3) is 0.500. The number of benzene rings is 1. The molecule has 2 aliphatic heterocycles. The van der Waals surface area contributed by atoms with E-state index in [9.17, 15) is 13.2 Å². The number of carbonyl (C=O) groups is 1. The van der Waals surface area contributed by atoms with Gasteiger partial charge in [0.25, 0.3) is 0 Å². The second-order valence-corrected chi connectivity index (χ2v) is 7.29. The van der Waals surface area contributed by atoms with Crippen molar-refractivity contribution in [3.8, 4) is 11.5 Å². The number of Topliss-reactive ketones (excluding diaryl/α,β-unsaturated/α-hetero) is 1. The molecule has 6 nitrogen and oxygen atoms in total. The third-order valence-corrected chi connectivity index (χ3v) is 5.09. The Bertz CT molecular complexity index is 645. The van der Waals surface area contributed by atoms with Crippen LogP contribution < -0.4 is 9.47 Å². The van der Waals surface area contributed by atoms with Gasteiger partial charge in [-0.2, -0.15) is 0 Å². The number of hydrogen-bond acceptors (Lipinski definition) is 6. The Balaban J connectivity index is 1.67. The molecule has 0 amide bonds. The van der Waals surface area contributed by atoms with Crippen molar-refractivity contribution in [2.45, 2.75) is 18.9 Å². The van der Waals surface area contributed by atoms with Crippen LogP contribution in [0.1, 0.15) is 23.2 Å². The first-order valence-electron chi connectivity index (χ1n) is 6.78. The normalized spacial score (nSPS) is 20.7. The van der Waals surface area contributed by atoms with Gasteiger partial charge in [0.05, 0.1) is 11.9 Å². The molecule has 1 aromatic rings. The van der Waals surface area contributed by atoms with E-state index in [1.165, 1.54) is 6.07 Å². The van der Waals surface area contributed by atoms with E-state index >= 15 is 0 Å². The molecule has 1 atom stereocenters. The molecule has 21 heavy (non-hydrogen) atoms. The number of ether oxygens (including phenoxy) is 3. The average Bonchev–Trinajstić information content (AvgIpc) is 3.07. The second kappa shape index (κ2) is 5.65. The quantitative estimate of drug-likeness (QED) is 0.760. The minimum atomic E-state index is -3.47. The highest BCUT2D eigenvalue weighted by Crippen LogP contribution is 2.32. The number of carbonyl (C=O) groups excluding carboxylic acids is 1. The molecular formula is C14H16O6S. The molecule has 0 spiro atoms. The first kappa shape index (κ1) is 14.3. The van der Waals surface area contributed by atoms with Gasteiger partial charge in [-0.15, -0.1) is 0 Å². The van der Waals surface area contributed by atoms with Crippen LogP contribution in [0.5, 0.6) is 11.5 Å². The van der Waals surface area contributed by atoms with Gasteiger partial charge in [0, 0.05) is 12.2 Å². The first-order chi connectivity index (χ1) is 10.0. The lowest BCUT2D eigenvalue weighted by molar-refractivity contribution is 0.101. The SMILES string of the molecule is O=C(CS(=O)(=O)CC1CCCO1)c1ccc2c(c1)OCO2. The highest BCUT2D eigenvalue weighted by atomic mass is 32.2. The maximum Gasteiger partial charge on any atom is 0.231 e. The molecule has 1 aromatic carbocycles. The van der Waals surface area contributed by atoms with Gasteiger partial charge in [-0.25, -0.2) is 8.42 Å². The molecular weight excluding hydrogens is 296 g/mol. The third-order valence-electron chi connectivity index (χ3n) is 3.51. The average molecular weight is 312 g/mol. The van der Waals surface area contributed by atoms with Crippen LogP contribution in [0.2, 0.25) is 0 Å². The summed E-state index contributed by atoms with van der Waals surface area (Å²) >= 11 is 0. The smallest absolute Gasteiger partial charge is 0.231 e. The summed E-state index contributed by atoms with van der Waals surface area (Å²) in [6.07, 6.45) is 1.33. The van der Waals surface area contributed by atoms with Crippen molar-refractivity contribution in [1.82, 2.24) is 0 Å². The van der Waals surface area contributed by atoms with E-state index in [1.807, 2.05) is 0 Å². The van der Waals surface area contributed by atoms with Crippen molar-refractivity contribution in [2.24, 2.45) is 0 Å². The zero-order valence-electron chi connectivity index (χ0n) is 11.4. The van der Waals surface area contributed by atoms with Gasteiger partial charge in [-0.05, 0) is 31.0 Å². The monoisotopic (exact) mass is 312 g/mol. The van der Waals surface area contributed by atoms with E-state index in [1.54, 1.807) is 12.1 Å². The molecule has 0 saturated carbocycles. The fourth-order valence-corrected chi connectivity index (χ4v) is 3.98. The minimum absolute atomic E-state index is 0.0940. The molecule has 0 aliphatic carbocycles. The summed E-state index contributed by atoms with van der Waals surface area (Å²) in [4.78, 5) is 12.1. The van der Waals surface area contributed by atoms with Crippen LogP contribution in [-0.4, -0.2) is 45.2 Å². The Morgan fingerprint density at radius 2 is 2.05 bits per heavy atom. The van der Waals surface area contributed by atoms with Gasteiger partial charge in [0.1, 0.15) is 5.75 Å². The summed E-state index contributed by atoms with van der Waals surface area (Å²) in [7, 11) is -3.47. The lowest BCUT2D eigenvalue weighted by atomic mass is 10.1. The third kappa shape index (κ3) is 3.36. The lowest BCUT2D eigenvalue weighted by Crippen LogP contribution is -2.26. The van der Waals surface area contributed by atoms with Crippen molar-refractivity contribution >= 4 is 15.6 Å². The van der Waals surface area contributed by atoms with Crippen molar-refractivity contribution in [1.29, 1.82) is 0 Å². The molecule has 1 saturated heterocycles. The first-order valence-corrected chi connectivity index (χ1v) is 8.60. The van der Waals surface area contributed by atoms with E-state index in [2.05, 4.69) is 0 Å². The molecule has 2 aliphatic rings. The summed E-state index contributed by atoms with van der Waals surface area (Å²) in [5.74, 6) is -0.00655. The van der Waals surface area contributed by atoms with E-state index in [-0.39, 0.29) is 18.6 Å². The van der Waals surface area contributed by atoms with Crippen LogP contribution in [0, 0.1) is 0 Å². The summed E-state index contributed by atoms with van der Waals surface area (Å²) in [5.41, 5.74) is 0.315. The van der Waals surface area contributed by atoms with Crippen LogP contribution in [0.25, 0.3) is 0 Å². The Kier molecular flexibility index (Phi) is 3.86. The molecule has 2 heterocycles. The van der Waals surface area contributed by atoms with Gasteiger partial charge < -0.3 is 14.2 Å². The predicted octanol–water partition coefficient (Wildman–Crippen LogP) is 1.19. The zero-order valence-corrected chi connectivity index (χ0v) is 12.2. The van der Waals surface area contributed by atoms with E-state index in [4.69, 9.17) is 14.2 Å². The van der Waals surface area contributed by atoms with E-state index in [0.717, 1.165) is 12.8 Å². The molecule has 114 valence electrons. The molecule has 0 aromatic heterocycles. The van der Waals surface area contributed by atoms with Crippen molar-refractivity contribution < 1.29 is 27.4 Å². The highest BCUT2D eigenvalue weighted by molar-refractivity contribution is 7.92. The summed E-state index contributed by atoms with van der Waals surface area (Å²) in [6, 6.07) is 4.69. The van der Waals surface area contributed by atoms with E-state index < -0.39 is 21.4 Å². The largest absolute Gasteiger partial charge is 0.454 e. The number of fused-ring (bicyclic) bond motifs is 1. The molecule has 7 heteroatoms. The number of ketones is 1. The zero-order chi connectivity index (χ0) is 14.9. The van der Waals surface area contributed by atoms with Gasteiger partial charge in [0.15, 0.2) is 27.1 Å². The predicted molar refractivity (Wildman–Crippen MR) is 74.5 cm³/mol. The van der Waals surface area contributed by atoms with Crippen molar-refractivity contribution in [3.05, 3.63) is 23.8 Å². The standard InChI is InChI=1S/C14H16O6S/c15-12(8-21(16,17)7-11-2-1-5-18-11)10-3-4-13-14(6-10)20-9-19-13/h3-4,6,11H,1-2,5,7-9H2. The summed E-state index contributed by atoms with van der Waals surface area (Å²) in [6.45, 7) is 0.709. The number of hydrogen-bond donors (Lipinski definition) is 0. The molecule has 0 radical (unpaired) electrons. The Morgan fingerprint density at radius 3 is 2.81 bits per heavy atom. The Morgan fingerprint density at radius 1 is 1.24 bits per heavy atom. The Hall–Kier alpha value is -1.60. The fourth-order valence-electron chi connectivity index (χ4n) is 2.47. The maximum atomic E-state index is 12.1. The molecule has 0 N–H and O–H groups in total. The van der Waals surface area contributed by atoms with Crippen LogP contribution in [0.4, 0.5) is 0 Å². The number of sulfone groups is 1. The summed E-state index contributed by atoms with van der Waals surface area (Å²) in [5, 5.41) is 0. The molecule has 1 fully saturated rings. The van der Waals surface area contributed by atoms with Gasteiger partial charge >= 0.3 is 0 Å². The molecule has 0 bridgehead atoms. The highest BCUT2D eigenvalue weighted by Gasteiger charge is 2.26. The van der Waals surface area contributed by atoms with Crippen LogP contribution in [0.15, 0.2) is 18.2 Å². The van der Waals surface area contributed by atoms with Crippen LogP contribution in [-0.2, 0) is 14.6 Å². The minimum Gasteiger partial charge on any atom is -0.454 e. The summed E-state index contributed by atoms with van der Waals surface area (Å²) < 4.78 is 39.7.